The first-order chi connectivity index (χ1) is 11.6. The van der Waals surface area contributed by atoms with Crippen LogP contribution in [0.5, 0.6) is 0 Å². The van der Waals surface area contributed by atoms with Gasteiger partial charge in [0, 0.05) is 40.9 Å². The molecule has 1 N–H and O–H groups in total. The van der Waals surface area contributed by atoms with Gasteiger partial charge in [-0.15, -0.1) is 11.3 Å². The first-order valence-electron chi connectivity index (χ1n) is 7.39. The van der Waals surface area contributed by atoms with Crippen molar-refractivity contribution < 1.29 is 4.79 Å². The molecule has 6 heteroatoms. The van der Waals surface area contributed by atoms with Crippen LogP contribution in [-0.2, 0) is 6.54 Å². The van der Waals surface area contributed by atoms with E-state index in [-0.39, 0.29) is 6.03 Å². The Morgan fingerprint density at radius 3 is 2.83 bits per heavy atom. The van der Waals surface area contributed by atoms with Crippen molar-refractivity contribution in [1.82, 2.24) is 9.88 Å². The van der Waals surface area contributed by atoms with Crippen LogP contribution < -0.4 is 5.32 Å². The van der Waals surface area contributed by atoms with Crippen molar-refractivity contribution in [2.45, 2.75) is 6.54 Å². The normalized spacial score (nSPS) is 10.4. The van der Waals surface area contributed by atoms with Crippen LogP contribution in [0.1, 0.15) is 5.56 Å². The summed E-state index contributed by atoms with van der Waals surface area (Å²) in [7, 11) is 1.78. The molecule has 0 aliphatic carbocycles. The largest absolute Gasteiger partial charge is 0.323 e. The van der Waals surface area contributed by atoms with Crippen molar-refractivity contribution in [3.8, 4) is 10.6 Å². The minimum absolute atomic E-state index is 0.151. The minimum atomic E-state index is -0.151. The van der Waals surface area contributed by atoms with Crippen LogP contribution >= 0.6 is 27.3 Å². The molecule has 4 nitrogen and oxygen atoms in total. The molecule has 0 saturated carbocycles. The molecule has 0 aliphatic rings. The van der Waals surface area contributed by atoms with E-state index in [1.165, 1.54) is 0 Å². The predicted octanol–water partition coefficient (Wildman–Crippen LogP) is 5.24. The van der Waals surface area contributed by atoms with E-state index in [4.69, 9.17) is 0 Å². The Morgan fingerprint density at radius 2 is 2.08 bits per heavy atom. The van der Waals surface area contributed by atoms with Gasteiger partial charge in [-0.2, -0.15) is 0 Å². The summed E-state index contributed by atoms with van der Waals surface area (Å²) < 4.78 is 0.996. The Hall–Kier alpha value is -2.18. The van der Waals surface area contributed by atoms with E-state index >= 15 is 0 Å². The fraction of sp³-hybridized carbons (Fsp3) is 0.111. The summed E-state index contributed by atoms with van der Waals surface area (Å²) in [5.74, 6) is 0. The quantitative estimate of drug-likeness (QED) is 0.649. The first-order valence-corrected chi connectivity index (χ1v) is 9.06. The van der Waals surface area contributed by atoms with E-state index in [0.717, 1.165) is 26.3 Å². The average molecular weight is 402 g/mol. The minimum Gasteiger partial charge on any atom is -0.323 e. The topological polar surface area (TPSA) is 45.2 Å². The molecule has 0 radical (unpaired) electrons. The maximum Gasteiger partial charge on any atom is 0.321 e. The smallest absolute Gasteiger partial charge is 0.321 e. The molecule has 0 atom stereocenters. The van der Waals surface area contributed by atoms with E-state index in [0.29, 0.717) is 6.54 Å². The standard InChI is InChI=1S/C18H16BrN3OS/c1-22(12-14-5-2-3-8-16(14)19)18(23)21-15-7-4-6-13(11-15)17-20-9-10-24-17/h2-11H,12H2,1H3,(H,21,23). The van der Waals surface area contributed by atoms with Gasteiger partial charge in [0.2, 0.25) is 0 Å². The number of hydrogen-bond acceptors (Lipinski definition) is 3. The number of hydrogen-bond donors (Lipinski definition) is 1. The Kier molecular flexibility index (Phi) is 5.27. The molecule has 2 amide bonds. The number of aromatic nitrogens is 1. The van der Waals surface area contributed by atoms with Crippen LogP contribution in [0.15, 0.2) is 64.6 Å². The molecule has 0 aliphatic heterocycles. The SMILES string of the molecule is CN(Cc1ccccc1Br)C(=O)Nc1cccc(-c2nccs2)c1. The third-order valence-electron chi connectivity index (χ3n) is 3.51. The lowest BCUT2D eigenvalue weighted by atomic mass is 10.2. The van der Waals surface area contributed by atoms with E-state index < -0.39 is 0 Å². The zero-order valence-electron chi connectivity index (χ0n) is 13.1. The molecule has 24 heavy (non-hydrogen) atoms. The monoisotopic (exact) mass is 401 g/mol. The number of thiazole rings is 1. The number of carbonyl (C=O) groups excluding carboxylic acids is 1. The lowest BCUT2D eigenvalue weighted by Crippen LogP contribution is -2.30. The Bertz CT molecular complexity index is 836. The van der Waals surface area contributed by atoms with Crippen molar-refractivity contribution >= 4 is 39.0 Å². The number of urea groups is 1. The van der Waals surface area contributed by atoms with Gasteiger partial charge in [0.1, 0.15) is 5.01 Å². The number of nitrogens with one attached hydrogen (secondary N) is 1. The number of anilines is 1. The summed E-state index contributed by atoms with van der Waals surface area (Å²) in [4.78, 5) is 18.4. The average Bonchev–Trinajstić information content (AvgIpc) is 3.12. The van der Waals surface area contributed by atoms with Gasteiger partial charge in [0.15, 0.2) is 0 Å². The summed E-state index contributed by atoms with van der Waals surface area (Å²) in [5, 5.41) is 5.81. The van der Waals surface area contributed by atoms with Crippen LogP contribution in [0.2, 0.25) is 0 Å². The van der Waals surface area contributed by atoms with E-state index in [1.54, 1.807) is 29.5 Å². The second kappa shape index (κ2) is 7.59. The molecular weight excluding hydrogens is 386 g/mol. The third-order valence-corrected chi connectivity index (χ3v) is 5.10. The van der Waals surface area contributed by atoms with Crippen LogP contribution in [0.4, 0.5) is 10.5 Å². The van der Waals surface area contributed by atoms with Gasteiger partial charge in [-0.05, 0) is 23.8 Å². The molecular formula is C18H16BrN3OS. The highest BCUT2D eigenvalue weighted by Crippen LogP contribution is 2.24. The highest BCUT2D eigenvalue weighted by Gasteiger charge is 2.11. The zero-order chi connectivity index (χ0) is 16.9. The predicted molar refractivity (Wildman–Crippen MR) is 102 cm³/mol. The molecule has 1 aromatic heterocycles. The molecule has 0 fully saturated rings. The number of halogens is 1. The Morgan fingerprint density at radius 1 is 1.25 bits per heavy atom. The molecule has 0 bridgehead atoms. The van der Waals surface area contributed by atoms with E-state index in [2.05, 4.69) is 26.2 Å². The molecule has 3 aromatic rings. The van der Waals surface area contributed by atoms with Crippen molar-refractivity contribution in [3.05, 3.63) is 70.1 Å². The Labute approximate surface area is 153 Å². The van der Waals surface area contributed by atoms with Gasteiger partial charge in [-0.1, -0.05) is 46.3 Å². The van der Waals surface area contributed by atoms with Gasteiger partial charge in [0.25, 0.3) is 0 Å². The molecule has 3 rings (SSSR count). The highest BCUT2D eigenvalue weighted by atomic mass is 79.9. The summed E-state index contributed by atoms with van der Waals surface area (Å²) in [6, 6.07) is 15.4. The second-order valence-corrected chi connectivity index (χ2v) is 7.04. The fourth-order valence-electron chi connectivity index (χ4n) is 2.27. The van der Waals surface area contributed by atoms with Crippen molar-refractivity contribution in [2.24, 2.45) is 0 Å². The van der Waals surface area contributed by atoms with E-state index in [1.807, 2.05) is 53.9 Å². The maximum absolute atomic E-state index is 12.4. The van der Waals surface area contributed by atoms with Gasteiger partial charge in [-0.3, -0.25) is 0 Å². The fourth-order valence-corrected chi connectivity index (χ4v) is 3.31. The molecule has 0 saturated heterocycles. The van der Waals surface area contributed by atoms with Crippen molar-refractivity contribution in [2.75, 3.05) is 12.4 Å². The van der Waals surface area contributed by atoms with E-state index in [9.17, 15) is 4.79 Å². The van der Waals surface area contributed by atoms with Gasteiger partial charge >= 0.3 is 6.03 Å². The molecule has 0 spiro atoms. The number of amides is 2. The molecule has 1 heterocycles. The van der Waals surface area contributed by atoms with Crippen molar-refractivity contribution in [1.29, 1.82) is 0 Å². The molecule has 122 valence electrons. The van der Waals surface area contributed by atoms with Gasteiger partial charge in [0.05, 0.1) is 0 Å². The summed E-state index contributed by atoms with van der Waals surface area (Å²) in [6.07, 6.45) is 1.77. The molecule has 0 unspecified atom stereocenters. The van der Waals surface area contributed by atoms with Crippen LogP contribution in [0.3, 0.4) is 0 Å². The molecule has 2 aromatic carbocycles. The summed E-state index contributed by atoms with van der Waals surface area (Å²) >= 11 is 5.08. The first kappa shape index (κ1) is 16.7. The van der Waals surface area contributed by atoms with Crippen molar-refractivity contribution in [3.63, 3.8) is 0 Å². The Balaban J connectivity index is 1.68. The third kappa shape index (κ3) is 4.01. The number of benzene rings is 2. The number of rotatable bonds is 4. The van der Waals surface area contributed by atoms with Crippen LogP contribution in [-0.4, -0.2) is 23.0 Å². The number of carbonyl (C=O) groups is 1. The maximum atomic E-state index is 12.4. The summed E-state index contributed by atoms with van der Waals surface area (Å²) in [6.45, 7) is 0.527. The summed E-state index contributed by atoms with van der Waals surface area (Å²) in [5.41, 5.74) is 2.81. The lowest BCUT2D eigenvalue weighted by molar-refractivity contribution is 0.220. The second-order valence-electron chi connectivity index (χ2n) is 5.30. The van der Waals surface area contributed by atoms with Crippen LogP contribution in [0, 0.1) is 0 Å². The lowest BCUT2D eigenvalue weighted by Gasteiger charge is -2.19. The zero-order valence-corrected chi connectivity index (χ0v) is 15.5. The number of nitrogens with zero attached hydrogens (tertiary/aromatic N) is 2. The van der Waals surface area contributed by atoms with Crippen LogP contribution in [0.25, 0.3) is 10.6 Å². The van der Waals surface area contributed by atoms with Gasteiger partial charge < -0.3 is 10.2 Å². The van der Waals surface area contributed by atoms with Gasteiger partial charge in [-0.25, -0.2) is 9.78 Å². The highest BCUT2D eigenvalue weighted by molar-refractivity contribution is 9.10.